The number of amides is 1. The summed E-state index contributed by atoms with van der Waals surface area (Å²) in [4.78, 5) is 33.6. The van der Waals surface area contributed by atoms with Gasteiger partial charge in [-0.15, -0.1) is 0 Å². The van der Waals surface area contributed by atoms with Crippen LogP contribution in [0.5, 0.6) is 0 Å². The minimum atomic E-state index is -0.334. The molecule has 2 heterocycles. The average Bonchev–Trinajstić information content (AvgIpc) is 2.68. The second-order valence-electron chi connectivity index (χ2n) is 6.40. The van der Waals surface area contributed by atoms with Crippen LogP contribution in [0.2, 0.25) is 5.02 Å². The highest BCUT2D eigenvalue weighted by atomic mass is 35.5. The molecule has 0 spiro atoms. The fraction of sp³-hybridized carbons (Fsp3) is 0.200. The molecule has 9 heteroatoms. The fourth-order valence-corrected chi connectivity index (χ4v) is 3.20. The van der Waals surface area contributed by atoms with Gasteiger partial charge in [-0.25, -0.2) is 9.97 Å². The van der Waals surface area contributed by atoms with Gasteiger partial charge < -0.3 is 20.9 Å². The summed E-state index contributed by atoms with van der Waals surface area (Å²) in [5, 5.41) is 6.39. The molecule has 150 valence electrons. The van der Waals surface area contributed by atoms with Crippen molar-refractivity contribution in [1.82, 2.24) is 19.9 Å². The fourth-order valence-electron chi connectivity index (χ4n) is 2.99. The van der Waals surface area contributed by atoms with Gasteiger partial charge in [-0.1, -0.05) is 23.7 Å². The molecule has 4 N–H and O–H groups in total. The van der Waals surface area contributed by atoms with Crippen LogP contribution in [0.15, 0.2) is 47.5 Å². The van der Waals surface area contributed by atoms with Gasteiger partial charge >= 0.3 is 0 Å². The average molecular weight is 413 g/mol. The molecular weight excluding hydrogens is 392 g/mol. The first-order valence-corrected chi connectivity index (χ1v) is 9.38. The highest BCUT2D eigenvalue weighted by Gasteiger charge is 2.18. The first-order valence-electron chi connectivity index (χ1n) is 9.00. The second-order valence-corrected chi connectivity index (χ2v) is 6.84. The van der Waals surface area contributed by atoms with Gasteiger partial charge in [-0.05, 0) is 43.2 Å². The van der Waals surface area contributed by atoms with Crippen LogP contribution in [-0.4, -0.2) is 20.4 Å². The molecule has 0 bridgehead atoms. The van der Waals surface area contributed by atoms with Gasteiger partial charge in [-0.2, -0.15) is 0 Å². The van der Waals surface area contributed by atoms with Crippen LogP contribution in [0.25, 0.3) is 0 Å². The molecule has 0 radical (unpaired) electrons. The van der Waals surface area contributed by atoms with Crippen LogP contribution < -0.4 is 21.9 Å². The van der Waals surface area contributed by atoms with Gasteiger partial charge in [0, 0.05) is 24.2 Å². The van der Waals surface area contributed by atoms with Crippen molar-refractivity contribution in [2.24, 2.45) is 0 Å². The van der Waals surface area contributed by atoms with Crippen molar-refractivity contribution in [1.29, 1.82) is 0 Å². The van der Waals surface area contributed by atoms with Crippen LogP contribution in [0, 0.1) is 6.92 Å². The molecule has 0 fully saturated rings. The third kappa shape index (κ3) is 4.72. The first-order chi connectivity index (χ1) is 13.9. The summed E-state index contributed by atoms with van der Waals surface area (Å²) in [7, 11) is 0. The number of aromatic nitrogens is 3. The van der Waals surface area contributed by atoms with Gasteiger partial charge in [0.25, 0.3) is 11.5 Å². The zero-order valence-corrected chi connectivity index (χ0v) is 16.8. The Morgan fingerprint density at radius 1 is 1.24 bits per heavy atom. The van der Waals surface area contributed by atoms with Crippen molar-refractivity contribution in [3.05, 3.63) is 74.9 Å². The first kappa shape index (κ1) is 20.3. The van der Waals surface area contributed by atoms with Crippen molar-refractivity contribution in [3.63, 3.8) is 0 Å². The number of nitrogen functional groups attached to an aromatic ring is 1. The summed E-state index contributed by atoms with van der Waals surface area (Å²) in [6.45, 7) is 4.22. The van der Waals surface area contributed by atoms with E-state index in [-0.39, 0.29) is 17.3 Å². The summed E-state index contributed by atoms with van der Waals surface area (Å²) >= 11 is 5.98. The lowest BCUT2D eigenvalue weighted by Gasteiger charge is -2.16. The van der Waals surface area contributed by atoms with E-state index in [1.165, 1.54) is 17.0 Å². The molecule has 0 aliphatic rings. The molecule has 0 atom stereocenters. The quantitative estimate of drug-likeness (QED) is 0.573. The zero-order chi connectivity index (χ0) is 21.0. The molecule has 29 heavy (non-hydrogen) atoms. The lowest BCUT2D eigenvalue weighted by Crippen LogP contribution is -2.33. The van der Waals surface area contributed by atoms with Crippen LogP contribution >= 0.6 is 11.6 Å². The summed E-state index contributed by atoms with van der Waals surface area (Å²) < 4.78 is 1.43. The highest BCUT2D eigenvalue weighted by molar-refractivity contribution is 6.30. The minimum Gasteiger partial charge on any atom is -0.384 e. The van der Waals surface area contributed by atoms with Crippen molar-refractivity contribution in [2.75, 3.05) is 11.1 Å². The molecule has 0 aliphatic carbocycles. The summed E-state index contributed by atoms with van der Waals surface area (Å²) in [5.74, 6) is 0.348. The Labute approximate surface area is 172 Å². The lowest BCUT2D eigenvalue weighted by molar-refractivity contribution is 0.0939. The number of anilines is 3. The van der Waals surface area contributed by atoms with Crippen LogP contribution in [0.1, 0.15) is 28.5 Å². The third-order valence-corrected chi connectivity index (χ3v) is 4.54. The van der Waals surface area contributed by atoms with Gasteiger partial charge in [0.1, 0.15) is 29.3 Å². The van der Waals surface area contributed by atoms with Crippen LogP contribution in [0.3, 0.4) is 0 Å². The van der Waals surface area contributed by atoms with E-state index in [1.807, 2.05) is 12.1 Å². The summed E-state index contributed by atoms with van der Waals surface area (Å²) in [6.07, 6.45) is 1.31. The predicted octanol–water partition coefficient (Wildman–Crippen LogP) is 2.88. The standard InChI is InChI=1S/C20H21ClN6O2/c1-3-27-18(19(28)23-10-13-5-4-6-14(21)8-13)12(2)7-15(20(27)29)26-17-9-16(22)24-11-25-17/h4-9,11H,3,10H2,1-2H3,(H,23,28)(H3,22,24,25,26). The lowest BCUT2D eigenvalue weighted by atomic mass is 10.1. The number of nitrogens with zero attached hydrogens (tertiary/aromatic N) is 3. The van der Waals surface area contributed by atoms with Crippen LogP contribution in [0.4, 0.5) is 17.3 Å². The SMILES string of the molecule is CCn1c(C(=O)NCc2cccc(Cl)c2)c(C)cc(Nc2cc(N)ncn2)c1=O. The zero-order valence-electron chi connectivity index (χ0n) is 16.1. The number of benzene rings is 1. The van der Waals surface area contributed by atoms with Crippen molar-refractivity contribution < 1.29 is 4.79 Å². The largest absolute Gasteiger partial charge is 0.384 e. The van der Waals surface area contributed by atoms with E-state index in [1.54, 1.807) is 32.0 Å². The van der Waals surface area contributed by atoms with E-state index >= 15 is 0 Å². The monoisotopic (exact) mass is 412 g/mol. The molecule has 0 saturated carbocycles. The summed E-state index contributed by atoms with van der Waals surface area (Å²) in [5.41, 5.74) is 7.46. The molecule has 0 unspecified atom stereocenters. The Morgan fingerprint density at radius 3 is 2.72 bits per heavy atom. The maximum Gasteiger partial charge on any atom is 0.274 e. The number of pyridine rings is 1. The topological polar surface area (TPSA) is 115 Å². The van der Waals surface area contributed by atoms with E-state index in [4.69, 9.17) is 17.3 Å². The van der Waals surface area contributed by atoms with Crippen molar-refractivity contribution >= 4 is 34.8 Å². The number of nitrogens with two attached hydrogens (primary N) is 1. The molecule has 0 aliphatic heterocycles. The number of carbonyl (C=O) groups excluding carboxylic acids is 1. The number of hydrogen-bond acceptors (Lipinski definition) is 6. The smallest absolute Gasteiger partial charge is 0.274 e. The normalized spacial score (nSPS) is 10.6. The van der Waals surface area contributed by atoms with Gasteiger partial charge in [-0.3, -0.25) is 9.59 Å². The Kier molecular flexibility index (Phi) is 6.13. The van der Waals surface area contributed by atoms with Crippen molar-refractivity contribution in [2.45, 2.75) is 26.9 Å². The van der Waals surface area contributed by atoms with E-state index in [0.29, 0.717) is 40.9 Å². The number of rotatable bonds is 6. The third-order valence-electron chi connectivity index (χ3n) is 4.30. The number of nitrogens with one attached hydrogen (secondary N) is 2. The molecule has 1 aromatic carbocycles. The molecular formula is C20H21ClN6O2. The Balaban J connectivity index is 1.88. The molecule has 3 aromatic rings. The van der Waals surface area contributed by atoms with E-state index < -0.39 is 0 Å². The Morgan fingerprint density at radius 2 is 2.03 bits per heavy atom. The second kappa shape index (κ2) is 8.74. The van der Waals surface area contributed by atoms with Gasteiger partial charge in [0.15, 0.2) is 0 Å². The Hall–Kier alpha value is -3.39. The number of carbonyl (C=O) groups is 1. The molecule has 3 rings (SSSR count). The van der Waals surface area contributed by atoms with Crippen LogP contribution in [-0.2, 0) is 13.1 Å². The molecule has 8 nitrogen and oxygen atoms in total. The molecule has 1 amide bonds. The van der Waals surface area contributed by atoms with Gasteiger partial charge in [0.05, 0.1) is 0 Å². The number of aryl methyl sites for hydroxylation is 1. The number of hydrogen-bond donors (Lipinski definition) is 3. The maximum absolute atomic E-state index is 12.9. The maximum atomic E-state index is 12.9. The highest BCUT2D eigenvalue weighted by Crippen LogP contribution is 2.17. The summed E-state index contributed by atoms with van der Waals surface area (Å²) in [6, 6.07) is 10.4. The number of halogens is 1. The van der Waals surface area contributed by atoms with Gasteiger partial charge in [0.2, 0.25) is 0 Å². The van der Waals surface area contributed by atoms with Crippen molar-refractivity contribution in [3.8, 4) is 0 Å². The van der Waals surface area contributed by atoms with E-state index in [0.717, 1.165) is 5.56 Å². The predicted molar refractivity (Wildman–Crippen MR) is 113 cm³/mol. The Bertz CT molecular complexity index is 1110. The van der Waals surface area contributed by atoms with E-state index in [2.05, 4.69) is 20.6 Å². The molecule has 2 aromatic heterocycles. The minimum absolute atomic E-state index is 0.284. The van der Waals surface area contributed by atoms with E-state index in [9.17, 15) is 9.59 Å². The molecule has 0 saturated heterocycles.